The van der Waals surface area contributed by atoms with Gasteiger partial charge in [-0.3, -0.25) is 4.79 Å². The Labute approximate surface area is 193 Å². The van der Waals surface area contributed by atoms with Gasteiger partial charge < -0.3 is 4.90 Å². The molecule has 2 aromatic rings. The van der Waals surface area contributed by atoms with Crippen LogP contribution in [0.25, 0.3) is 11.1 Å². The number of nitrogens with one attached hydrogen (secondary N) is 1. The van der Waals surface area contributed by atoms with Crippen LogP contribution in [-0.2, 0) is 21.2 Å². The van der Waals surface area contributed by atoms with E-state index < -0.39 is 28.3 Å². The van der Waals surface area contributed by atoms with Crippen LogP contribution in [0.15, 0.2) is 48.5 Å². The number of alkyl halides is 1. The van der Waals surface area contributed by atoms with Gasteiger partial charge in [-0.25, -0.2) is 21.9 Å². The van der Waals surface area contributed by atoms with Gasteiger partial charge in [-0.05, 0) is 67.3 Å². The molecule has 1 saturated heterocycles. The topological polar surface area (TPSA) is 66.5 Å². The number of hydrogen-bond acceptors (Lipinski definition) is 3. The maximum Gasteiger partial charge on any atom is 0.229 e. The highest BCUT2D eigenvalue weighted by atomic mass is 32.2. The lowest BCUT2D eigenvalue weighted by atomic mass is 9.44. The van der Waals surface area contributed by atoms with Gasteiger partial charge in [-0.2, -0.15) is 0 Å². The Kier molecular flexibility index (Phi) is 5.56. The van der Waals surface area contributed by atoms with Gasteiger partial charge in [0.25, 0.3) is 0 Å². The molecule has 1 amide bonds. The van der Waals surface area contributed by atoms with E-state index in [1.54, 1.807) is 11.0 Å². The first-order chi connectivity index (χ1) is 15.7. The van der Waals surface area contributed by atoms with E-state index in [1.165, 1.54) is 19.1 Å². The number of hydrogen-bond donors (Lipinski definition) is 1. The molecule has 5 nitrogen and oxygen atoms in total. The fourth-order valence-electron chi connectivity index (χ4n) is 5.62. The van der Waals surface area contributed by atoms with Crippen molar-refractivity contribution in [1.29, 1.82) is 0 Å². The Morgan fingerprint density at radius 2 is 1.79 bits per heavy atom. The summed E-state index contributed by atoms with van der Waals surface area (Å²) < 4.78 is 56.0. The first kappa shape index (κ1) is 22.5. The Morgan fingerprint density at radius 3 is 2.39 bits per heavy atom. The normalized spacial score (nSPS) is 30.6. The minimum absolute atomic E-state index is 0.0443. The Morgan fingerprint density at radius 1 is 1.12 bits per heavy atom. The molecule has 3 saturated carbocycles. The van der Waals surface area contributed by atoms with Gasteiger partial charge in [0.2, 0.25) is 15.9 Å². The van der Waals surface area contributed by atoms with Crippen molar-refractivity contribution in [3.05, 3.63) is 59.9 Å². The zero-order chi connectivity index (χ0) is 23.4. The largest absolute Gasteiger partial charge is 0.334 e. The third-order valence-corrected chi connectivity index (χ3v) is 8.95. The van der Waals surface area contributed by atoms with Crippen molar-refractivity contribution in [2.45, 2.75) is 50.9 Å². The second kappa shape index (κ2) is 8.17. The molecule has 6 rings (SSSR count). The lowest BCUT2D eigenvalue weighted by molar-refractivity contribution is -0.178. The van der Waals surface area contributed by atoms with Gasteiger partial charge in [0.1, 0.15) is 12.0 Å². The van der Waals surface area contributed by atoms with E-state index in [4.69, 9.17) is 0 Å². The molecule has 8 heteroatoms. The summed E-state index contributed by atoms with van der Waals surface area (Å²) in [5, 5.41) is 0. The van der Waals surface area contributed by atoms with E-state index in [0.29, 0.717) is 12.3 Å². The Hall–Kier alpha value is -2.32. The van der Waals surface area contributed by atoms with Crippen molar-refractivity contribution in [2.24, 2.45) is 11.3 Å². The second-order valence-corrected chi connectivity index (χ2v) is 11.8. The first-order valence-corrected chi connectivity index (χ1v) is 13.1. The summed E-state index contributed by atoms with van der Waals surface area (Å²) in [5.74, 6) is 0.0707. The lowest BCUT2D eigenvalue weighted by Crippen LogP contribution is -2.62. The molecule has 33 heavy (non-hydrogen) atoms. The maximum atomic E-state index is 15.2. The van der Waals surface area contributed by atoms with Crippen molar-refractivity contribution < 1.29 is 22.0 Å². The van der Waals surface area contributed by atoms with Crippen LogP contribution in [0.1, 0.15) is 31.7 Å². The number of amides is 1. The second-order valence-electron chi connectivity index (χ2n) is 9.76. The van der Waals surface area contributed by atoms with E-state index in [0.717, 1.165) is 36.0 Å². The number of carbonyl (C=O) groups is 1. The average molecular weight is 475 g/mol. The van der Waals surface area contributed by atoms with E-state index in [-0.39, 0.29) is 29.4 Å². The predicted molar refractivity (Wildman–Crippen MR) is 122 cm³/mol. The van der Waals surface area contributed by atoms with Gasteiger partial charge >= 0.3 is 0 Å². The molecule has 0 unspecified atom stereocenters. The van der Waals surface area contributed by atoms with Crippen LogP contribution in [0.3, 0.4) is 0 Å². The van der Waals surface area contributed by atoms with Crippen LogP contribution in [0.2, 0.25) is 0 Å². The van der Waals surface area contributed by atoms with Crippen molar-refractivity contribution in [1.82, 2.24) is 9.62 Å². The summed E-state index contributed by atoms with van der Waals surface area (Å²) in [7, 11) is -3.65. The third-order valence-electron chi connectivity index (χ3n) is 7.55. The molecule has 1 heterocycles. The first-order valence-electron chi connectivity index (χ1n) is 11.5. The van der Waals surface area contributed by atoms with Crippen molar-refractivity contribution in [2.75, 3.05) is 12.3 Å². The fraction of sp³-hybridized carbons (Fsp3) is 0.480. The number of rotatable bonds is 7. The zero-order valence-electron chi connectivity index (χ0n) is 18.5. The molecule has 4 fully saturated rings. The number of halogens is 2. The summed E-state index contributed by atoms with van der Waals surface area (Å²) in [6.07, 6.45) is 1.40. The zero-order valence-corrected chi connectivity index (χ0v) is 19.3. The molecule has 0 spiro atoms. The van der Waals surface area contributed by atoms with E-state index in [1.807, 2.05) is 30.3 Å². The predicted octanol–water partition coefficient (Wildman–Crippen LogP) is 3.69. The highest BCUT2D eigenvalue weighted by Crippen LogP contribution is 2.65. The Bertz CT molecular complexity index is 1170. The SMILES string of the molecule is CCS(=O)(=O)N[C@H]1[C@@H](F)CN(C(=O)C23CC(C2)C3)[C@H]1Cc1cccc(-c2cccc(F)c2)c1. The van der Waals surface area contributed by atoms with Crippen LogP contribution < -0.4 is 4.72 Å². The highest BCUT2D eigenvalue weighted by molar-refractivity contribution is 7.89. The number of likely N-dealkylation sites (tertiary alicyclic amines) is 1. The smallest absolute Gasteiger partial charge is 0.229 e. The van der Waals surface area contributed by atoms with Crippen LogP contribution in [0, 0.1) is 17.2 Å². The fourth-order valence-corrected chi connectivity index (χ4v) is 6.50. The Balaban J connectivity index is 1.45. The van der Waals surface area contributed by atoms with Gasteiger partial charge in [-0.15, -0.1) is 0 Å². The maximum absolute atomic E-state index is 15.2. The van der Waals surface area contributed by atoms with Crippen LogP contribution in [-0.4, -0.2) is 49.8 Å². The molecule has 176 valence electrons. The van der Waals surface area contributed by atoms with Gasteiger partial charge in [0.15, 0.2) is 0 Å². The average Bonchev–Trinajstić information content (AvgIpc) is 3.01. The van der Waals surface area contributed by atoms with E-state index in [2.05, 4.69) is 4.72 Å². The van der Waals surface area contributed by atoms with Crippen LogP contribution in [0.5, 0.6) is 0 Å². The molecule has 2 bridgehead atoms. The number of carbonyl (C=O) groups excluding carboxylic acids is 1. The summed E-state index contributed by atoms with van der Waals surface area (Å²) >= 11 is 0. The number of sulfonamides is 1. The van der Waals surface area contributed by atoms with Crippen LogP contribution >= 0.6 is 0 Å². The van der Waals surface area contributed by atoms with Gasteiger partial charge in [0.05, 0.1) is 29.8 Å². The quantitative estimate of drug-likeness (QED) is 0.666. The lowest BCUT2D eigenvalue weighted by Gasteiger charge is -2.61. The summed E-state index contributed by atoms with van der Waals surface area (Å²) in [6.45, 7) is 1.41. The summed E-state index contributed by atoms with van der Waals surface area (Å²) in [6, 6.07) is 12.2. The molecule has 3 atom stereocenters. The molecule has 4 aliphatic rings. The number of benzene rings is 2. The molecule has 3 aliphatic carbocycles. The highest BCUT2D eigenvalue weighted by Gasteiger charge is 2.64. The molecule has 2 aromatic carbocycles. The molecular formula is C25H28F2N2O3S. The molecular weight excluding hydrogens is 446 g/mol. The molecule has 0 radical (unpaired) electrons. The van der Waals surface area contributed by atoms with E-state index >= 15 is 4.39 Å². The van der Waals surface area contributed by atoms with Gasteiger partial charge in [-0.1, -0.05) is 36.4 Å². The summed E-state index contributed by atoms with van der Waals surface area (Å²) in [5.41, 5.74) is 2.00. The van der Waals surface area contributed by atoms with Crippen LogP contribution in [0.4, 0.5) is 8.78 Å². The number of nitrogens with zero attached hydrogens (tertiary/aromatic N) is 1. The molecule has 1 aliphatic heterocycles. The monoisotopic (exact) mass is 474 g/mol. The minimum Gasteiger partial charge on any atom is -0.334 e. The molecule has 0 aromatic heterocycles. The summed E-state index contributed by atoms with van der Waals surface area (Å²) in [4.78, 5) is 15.0. The van der Waals surface area contributed by atoms with Crippen molar-refractivity contribution in [3.63, 3.8) is 0 Å². The minimum atomic E-state index is -3.65. The standard InChI is InChI=1S/C25H28F2N2O3S/c1-2-33(31,32)28-23-21(27)15-29(24(30)25-12-17(13-25)14-25)22(23)10-16-5-3-6-18(9-16)19-7-4-8-20(26)11-19/h3-9,11,17,21-23,28H,2,10,12-15H2,1H3/t17?,21-,22-,23-,25?/m0/s1. The van der Waals surface area contributed by atoms with Crippen molar-refractivity contribution in [3.8, 4) is 11.1 Å². The third kappa shape index (κ3) is 4.08. The van der Waals surface area contributed by atoms with E-state index in [9.17, 15) is 17.6 Å². The molecule has 1 N–H and O–H groups in total. The van der Waals surface area contributed by atoms with Crippen molar-refractivity contribution >= 4 is 15.9 Å². The van der Waals surface area contributed by atoms with Gasteiger partial charge in [0, 0.05) is 0 Å².